The fourth-order valence-corrected chi connectivity index (χ4v) is 4.37. The molecule has 7 nitrogen and oxygen atoms in total. The highest BCUT2D eigenvalue weighted by atomic mass is 16.5. The molecule has 0 radical (unpaired) electrons. The fourth-order valence-electron chi connectivity index (χ4n) is 4.37. The minimum absolute atomic E-state index is 0.263. The van der Waals surface area contributed by atoms with Crippen molar-refractivity contribution in [3.05, 3.63) is 23.8 Å². The zero-order valence-corrected chi connectivity index (χ0v) is 18.6. The van der Waals surface area contributed by atoms with Crippen LogP contribution in [0.5, 0.6) is 11.5 Å². The van der Waals surface area contributed by atoms with Gasteiger partial charge in [0.05, 0.1) is 7.11 Å². The van der Waals surface area contributed by atoms with Gasteiger partial charge in [0.2, 0.25) is 0 Å². The van der Waals surface area contributed by atoms with Crippen molar-refractivity contribution in [3.8, 4) is 11.5 Å². The Morgan fingerprint density at radius 1 is 1.03 bits per heavy atom. The molecule has 0 aliphatic carbocycles. The highest BCUT2D eigenvalue weighted by Gasteiger charge is 2.20. The molecule has 0 saturated carbocycles. The number of β-amino-alcohol motifs (C(OH)–C–C–N with tert-alkyl or cyclic N) is 1. The van der Waals surface area contributed by atoms with E-state index in [0.29, 0.717) is 30.6 Å². The summed E-state index contributed by atoms with van der Waals surface area (Å²) in [5, 5.41) is 19.6. The van der Waals surface area contributed by atoms with E-state index < -0.39 is 6.10 Å². The molecule has 3 rings (SSSR count). The molecule has 1 atom stereocenters. The number of piperidine rings is 1. The number of rotatable bonds is 10. The molecule has 2 saturated heterocycles. The van der Waals surface area contributed by atoms with E-state index in [1.165, 1.54) is 5.56 Å². The van der Waals surface area contributed by atoms with Gasteiger partial charge in [0.1, 0.15) is 12.7 Å². The van der Waals surface area contributed by atoms with E-state index in [0.717, 1.165) is 65.1 Å². The van der Waals surface area contributed by atoms with Crippen molar-refractivity contribution in [1.29, 1.82) is 0 Å². The standard InChI is InChI=1S/C23H39N3O4/c1-24-10-12-26(13-11-24)17-21(28)18-30-23-15-20(3-4-22(23)29-2)16-25-8-5-19(6-9-25)7-14-27/h3-4,15,19,21,27-28H,5-14,16-18H2,1-2H3/t21-/m1/s1. The molecule has 2 N–H and O–H groups in total. The molecule has 0 spiro atoms. The van der Waals surface area contributed by atoms with Gasteiger partial charge in [0.25, 0.3) is 0 Å². The van der Waals surface area contributed by atoms with Gasteiger partial charge in [-0.25, -0.2) is 0 Å². The highest BCUT2D eigenvalue weighted by molar-refractivity contribution is 5.43. The summed E-state index contributed by atoms with van der Waals surface area (Å²) >= 11 is 0. The SMILES string of the molecule is COc1ccc(CN2CCC(CCO)CC2)cc1OC[C@H](O)CN1CCN(C)CC1. The monoisotopic (exact) mass is 421 g/mol. The number of methoxy groups -OCH3 is 1. The summed E-state index contributed by atoms with van der Waals surface area (Å²) in [6, 6.07) is 6.09. The number of aliphatic hydroxyl groups excluding tert-OH is 2. The summed E-state index contributed by atoms with van der Waals surface area (Å²) in [6.07, 6.45) is 2.70. The van der Waals surface area contributed by atoms with Crippen molar-refractivity contribution in [2.24, 2.45) is 5.92 Å². The van der Waals surface area contributed by atoms with Gasteiger partial charge in [-0.2, -0.15) is 0 Å². The summed E-state index contributed by atoms with van der Waals surface area (Å²) in [4.78, 5) is 7.06. The summed E-state index contributed by atoms with van der Waals surface area (Å²) in [6.45, 7) is 8.27. The summed E-state index contributed by atoms with van der Waals surface area (Å²) in [5.74, 6) is 2.05. The first-order valence-electron chi connectivity index (χ1n) is 11.3. The van der Waals surface area contributed by atoms with Crippen LogP contribution < -0.4 is 9.47 Å². The van der Waals surface area contributed by atoms with Gasteiger partial charge in [-0.15, -0.1) is 0 Å². The van der Waals surface area contributed by atoms with Crippen LogP contribution >= 0.6 is 0 Å². The molecular weight excluding hydrogens is 382 g/mol. The molecule has 0 unspecified atom stereocenters. The van der Waals surface area contributed by atoms with Gasteiger partial charge >= 0.3 is 0 Å². The first-order valence-corrected chi connectivity index (χ1v) is 11.3. The Hall–Kier alpha value is -1.38. The number of aliphatic hydroxyl groups is 2. The first-order chi connectivity index (χ1) is 14.6. The van der Waals surface area contributed by atoms with Crippen molar-refractivity contribution in [2.75, 3.05) is 73.2 Å². The number of likely N-dealkylation sites (tertiary alicyclic amines) is 1. The Balaban J connectivity index is 1.49. The molecule has 2 fully saturated rings. The predicted octanol–water partition coefficient (Wildman–Crippen LogP) is 1.28. The lowest BCUT2D eigenvalue weighted by atomic mass is 9.94. The quantitative estimate of drug-likeness (QED) is 0.590. The predicted molar refractivity (Wildman–Crippen MR) is 118 cm³/mol. The Kier molecular flexibility index (Phi) is 9.21. The maximum absolute atomic E-state index is 10.4. The van der Waals surface area contributed by atoms with Crippen molar-refractivity contribution < 1.29 is 19.7 Å². The van der Waals surface area contributed by atoms with Gasteiger partial charge in [0.15, 0.2) is 11.5 Å². The first kappa shape index (κ1) is 23.3. The van der Waals surface area contributed by atoms with E-state index in [-0.39, 0.29) is 6.61 Å². The second-order valence-electron chi connectivity index (χ2n) is 8.79. The second-order valence-corrected chi connectivity index (χ2v) is 8.79. The van der Waals surface area contributed by atoms with Gasteiger partial charge < -0.3 is 24.6 Å². The summed E-state index contributed by atoms with van der Waals surface area (Å²) in [7, 11) is 3.78. The van der Waals surface area contributed by atoms with Gasteiger partial charge in [-0.3, -0.25) is 9.80 Å². The smallest absolute Gasteiger partial charge is 0.161 e. The van der Waals surface area contributed by atoms with Crippen LogP contribution in [-0.4, -0.2) is 104 Å². The fraction of sp³-hybridized carbons (Fsp3) is 0.739. The molecule has 0 amide bonds. The minimum atomic E-state index is -0.521. The molecule has 0 bridgehead atoms. The average Bonchev–Trinajstić information content (AvgIpc) is 2.76. The van der Waals surface area contributed by atoms with E-state index >= 15 is 0 Å². The number of hydrogen-bond donors (Lipinski definition) is 2. The lowest BCUT2D eigenvalue weighted by molar-refractivity contribution is 0.0497. The zero-order chi connectivity index (χ0) is 21.3. The van der Waals surface area contributed by atoms with Crippen LogP contribution in [-0.2, 0) is 6.54 Å². The molecule has 7 heteroatoms. The second kappa shape index (κ2) is 11.9. The topological polar surface area (TPSA) is 68.6 Å². The Morgan fingerprint density at radius 3 is 2.43 bits per heavy atom. The number of benzene rings is 1. The molecule has 2 heterocycles. The summed E-state index contributed by atoms with van der Waals surface area (Å²) < 4.78 is 11.4. The number of likely N-dealkylation sites (N-methyl/N-ethyl adjacent to an activating group) is 1. The maximum atomic E-state index is 10.4. The Bertz CT molecular complexity index is 629. The van der Waals surface area contributed by atoms with Crippen LogP contribution in [0.1, 0.15) is 24.8 Å². The minimum Gasteiger partial charge on any atom is -0.493 e. The molecule has 1 aromatic carbocycles. The van der Waals surface area contributed by atoms with Crippen LogP contribution in [0.2, 0.25) is 0 Å². The van der Waals surface area contributed by atoms with Crippen molar-refractivity contribution in [1.82, 2.24) is 14.7 Å². The molecule has 1 aromatic rings. The van der Waals surface area contributed by atoms with E-state index in [9.17, 15) is 5.11 Å². The average molecular weight is 422 g/mol. The molecule has 2 aliphatic rings. The molecule has 170 valence electrons. The van der Waals surface area contributed by atoms with Crippen LogP contribution in [0.4, 0.5) is 0 Å². The molecule has 30 heavy (non-hydrogen) atoms. The number of nitrogens with zero attached hydrogens (tertiary/aromatic N) is 3. The van der Waals surface area contributed by atoms with Crippen LogP contribution in [0.3, 0.4) is 0 Å². The number of piperazine rings is 1. The number of ether oxygens (including phenoxy) is 2. The van der Waals surface area contributed by atoms with Gasteiger partial charge in [0, 0.05) is 45.9 Å². The van der Waals surface area contributed by atoms with Crippen LogP contribution in [0, 0.1) is 5.92 Å². The van der Waals surface area contributed by atoms with Gasteiger partial charge in [-0.05, 0) is 63.0 Å². The van der Waals surface area contributed by atoms with Crippen LogP contribution in [0.15, 0.2) is 18.2 Å². The van der Waals surface area contributed by atoms with E-state index in [1.54, 1.807) is 7.11 Å². The van der Waals surface area contributed by atoms with Gasteiger partial charge in [-0.1, -0.05) is 6.07 Å². The normalized spacial score (nSPS) is 20.9. The van der Waals surface area contributed by atoms with Crippen molar-refractivity contribution >= 4 is 0 Å². The third-order valence-corrected chi connectivity index (χ3v) is 6.37. The molecule has 0 aromatic heterocycles. The van der Waals surface area contributed by atoms with Crippen LogP contribution in [0.25, 0.3) is 0 Å². The third-order valence-electron chi connectivity index (χ3n) is 6.37. The highest BCUT2D eigenvalue weighted by Crippen LogP contribution is 2.29. The Morgan fingerprint density at radius 2 is 1.77 bits per heavy atom. The van der Waals surface area contributed by atoms with E-state index in [4.69, 9.17) is 14.6 Å². The largest absolute Gasteiger partial charge is 0.493 e. The van der Waals surface area contributed by atoms with Crippen molar-refractivity contribution in [2.45, 2.75) is 31.9 Å². The lowest BCUT2D eigenvalue weighted by Gasteiger charge is -2.33. The lowest BCUT2D eigenvalue weighted by Crippen LogP contribution is -2.47. The van der Waals surface area contributed by atoms with E-state index in [2.05, 4.69) is 27.8 Å². The third kappa shape index (κ3) is 7.10. The van der Waals surface area contributed by atoms with E-state index in [1.807, 2.05) is 12.1 Å². The molecule has 2 aliphatic heterocycles. The maximum Gasteiger partial charge on any atom is 0.161 e. The zero-order valence-electron chi connectivity index (χ0n) is 18.6. The molecular formula is C23H39N3O4. The van der Waals surface area contributed by atoms with Crippen molar-refractivity contribution in [3.63, 3.8) is 0 Å². The Labute approximate surface area is 181 Å². The summed E-state index contributed by atoms with van der Waals surface area (Å²) in [5.41, 5.74) is 1.19. The number of hydrogen-bond acceptors (Lipinski definition) is 7.